The molecule has 0 saturated heterocycles. The van der Waals surface area contributed by atoms with Crippen LogP contribution in [0, 0.1) is 0 Å². The number of hydrogen-bond donors (Lipinski definition) is 1. The van der Waals surface area contributed by atoms with E-state index >= 15 is 0 Å². The van der Waals surface area contributed by atoms with Crippen molar-refractivity contribution in [1.82, 2.24) is 9.97 Å². The summed E-state index contributed by atoms with van der Waals surface area (Å²) in [7, 11) is 0. The number of halogens is 6. The molecule has 2 aromatic heterocycles. The lowest BCUT2D eigenvalue weighted by Gasteiger charge is -2.07. The number of pyridine rings is 2. The third-order valence-electron chi connectivity index (χ3n) is 4.72. The summed E-state index contributed by atoms with van der Waals surface area (Å²) < 4.78 is 74.9. The molecule has 4 aromatic rings. The quantitative estimate of drug-likeness (QED) is 0.0995. The summed E-state index contributed by atoms with van der Waals surface area (Å²) in [5.74, 6) is -1.80. The maximum atomic E-state index is 12.5. The van der Waals surface area contributed by atoms with E-state index in [9.17, 15) is 35.9 Å². The lowest BCUT2D eigenvalue weighted by Crippen LogP contribution is -2.06. The van der Waals surface area contributed by atoms with Crippen LogP contribution in [0.5, 0.6) is 0 Å². The third-order valence-corrected chi connectivity index (χ3v) is 4.72. The maximum Gasteiger partial charge on any atom is 0.417 e. The Bertz CT molecular complexity index is 1530. The lowest BCUT2D eigenvalue weighted by atomic mass is 10.1. The number of benzene rings is 2. The normalized spacial score (nSPS) is 10.8. The highest BCUT2D eigenvalue weighted by Crippen LogP contribution is 2.31. The molecule has 0 aliphatic heterocycles. The minimum absolute atomic E-state index is 0. The number of Topliss-reactive ketones (excluding diaryl/α,β-unsaturated/α-hetero) is 1. The Morgan fingerprint density at radius 1 is 0.763 bits per heavy atom. The zero-order valence-corrected chi connectivity index (χ0v) is 17.7. The van der Waals surface area contributed by atoms with Crippen molar-refractivity contribution in [2.45, 2.75) is 27.2 Å². The summed E-state index contributed by atoms with van der Waals surface area (Å²) in [6.07, 6.45) is -6.85. The monoisotopic (exact) mass is 538 g/mol. The van der Waals surface area contributed by atoms with Gasteiger partial charge in [0.1, 0.15) is 0 Å². The molecular formula is C25H20F6N4O3. The van der Waals surface area contributed by atoms with Crippen LogP contribution in [0.2, 0.25) is 0 Å². The van der Waals surface area contributed by atoms with Crippen molar-refractivity contribution in [3.63, 3.8) is 0 Å². The van der Waals surface area contributed by atoms with Crippen LogP contribution in [0.3, 0.4) is 0 Å². The highest BCUT2D eigenvalue weighted by Gasteiger charge is 2.31. The van der Waals surface area contributed by atoms with Crippen LogP contribution in [0.4, 0.5) is 26.3 Å². The second-order valence-corrected chi connectivity index (χ2v) is 7.17. The Labute approximate surface area is 212 Å². The number of rotatable bonds is 3. The molecule has 13 heteroatoms. The van der Waals surface area contributed by atoms with Crippen LogP contribution in [0.15, 0.2) is 60.9 Å². The van der Waals surface area contributed by atoms with Gasteiger partial charge in [-0.25, -0.2) is 4.79 Å². The summed E-state index contributed by atoms with van der Waals surface area (Å²) in [5, 5.41) is 9.07. The molecule has 0 atom stereocenters. The van der Waals surface area contributed by atoms with Crippen molar-refractivity contribution in [3.05, 3.63) is 88.7 Å². The van der Waals surface area contributed by atoms with Crippen molar-refractivity contribution in [1.29, 1.82) is 0 Å². The van der Waals surface area contributed by atoms with Crippen molar-refractivity contribution in [2.24, 2.45) is 0 Å². The number of hydrogen-bond acceptors (Lipinski definition) is 4. The van der Waals surface area contributed by atoms with Crippen LogP contribution >= 0.6 is 0 Å². The van der Waals surface area contributed by atoms with E-state index in [0.717, 1.165) is 24.5 Å². The Balaban J connectivity index is 0.000000363. The van der Waals surface area contributed by atoms with Crippen molar-refractivity contribution >= 4 is 39.8 Å². The van der Waals surface area contributed by atoms with E-state index in [2.05, 4.69) is 14.8 Å². The third kappa shape index (κ3) is 7.43. The number of ketones is 1. The summed E-state index contributed by atoms with van der Waals surface area (Å²) in [6.45, 7) is 0. The van der Waals surface area contributed by atoms with E-state index in [0.29, 0.717) is 17.2 Å². The number of aromatic carboxylic acids is 1. The molecular weight excluding hydrogens is 518 g/mol. The molecule has 2 aromatic carbocycles. The van der Waals surface area contributed by atoms with Gasteiger partial charge in [0.15, 0.2) is 0 Å². The summed E-state index contributed by atoms with van der Waals surface area (Å²) in [6, 6.07) is 9.72. The van der Waals surface area contributed by atoms with Gasteiger partial charge >= 0.3 is 24.5 Å². The predicted molar refractivity (Wildman–Crippen MR) is 128 cm³/mol. The van der Waals surface area contributed by atoms with Crippen LogP contribution in [-0.4, -0.2) is 37.8 Å². The van der Waals surface area contributed by atoms with Crippen molar-refractivity contribution in [2.75, 3.05) is 0 Å². The molecule has 200 valence electrons. The van der Waals surface area contributed by atoms with Crippen molar-refractivity contribution < 1.29 is 45.8 Å². The molecule has 0 saturated carbocycles. The molecule has 0 amide bonds. The number of nitrogens with zero attached hydrogens (tertiary/aromatic N) is 4. The molecule has 0 spiro atoms. The zero-order chi connectivity index (χ0) is 26.7. The summed E-state index contributed by atoms with van der Waals surface area (Å²) in [5.41, 5.74) is 7.17. The number of carboxylic acid groups (broad SMARTS) is 1. The number of carbonyl (C=O) groups excluding carboxylic acids is 1. The molecule has 0 bridgehead atoms. The van der Waals surface area contributed by atoms with Gasteiger partial charge in [-0.1, -0.05) is 14.9 Å². The van der Waals surface area contributed by atoms with Gasteiger partial charge in [-0.15, -0.1) is 0 Å². The molecule has 0 unspecified atom stereocenters. The number of carbonyl (C=O) groups is 2. The standard InChI is InChI=1S/C12H6F3N3O.C11H6F3NO2.2CH4/c13-12(14,15)9-4-8-3-7(11(19)6-18-16)1-2-10(8)17-5-9;12-11(13,14)8-4-7-3-6(10(16)17)1-2-9(7)15-5-8;;/h1-6H;1-5H,(H,16,17);2*1H4. The van der Waals surface area contributed by atoms with Crippen LogP contribution in [0.25, 0.3) is 27.3 Å². The Kier molecular flexibility index (Phi) is 9.97. The lowest BCUT2D eigenvalue weighted by molar-refractivity contribution is -0.138. The number of carboxylic acids is 1. The first-order valence-electron chi connectivity index (χ1n) is 9.68. The van der Waals surface area contributed by atoms with Crippen LogP contribution < -0.4 is 0 Å². The average Bonchev–Trinajstić information content (AvgIpc) is 2.82. The number of aromatic nitrogens is 2. The second-order valence-electron chi connectivity index (χ2n) is 7.17. The number of alkyl halides is 6. The Hall–Kier alpha value is -4.64. The smallest absolute Gasteiger partial charge is 0.417 e. The molecule has 1 N–H and O–H groups in total. The zero-order valence-electron chi connectivity index (χ0n) is 17.7. The van der Waals surface area contributed by atoms with Gasteiger partial charge in [-0.05, 0) is 48.5 Å². The average molecular weight is 538 g/mol. The van der Waals surface area contributed by atoms with E-state index < -0.39 is 35.2 Å². The minimum atomic E-state index is -4.49. The van der Waals surface area contributed by atoms with E-state index in [4.69, 9.17) is 10.6 Å². The Morgan fingerprint density at radius 3 is 1.58 bits per heavy atom. The first-order valence-corrected chi connectivity index (χ1v) is 9.68. The van der Waals surface area contributed by atoms with E-state index in [1.807, 2.05) is 0 Å². The number of fused-ring (bicyclic) bond motifs is 2. The molecule has 4 rings (SSSR count). The molecule has 38 heavy (non-hydrogen) atoms. The van der Waals surface area contributed by atoms with Gasteiger partial charge in [0.2, 0.25) is 0 Å². The van der Waals surface area contributed by atoms with Gasteiger partial charge in [0, 0.05) is 28.7 Å². The molecule has 7 nitrogen and oxygen atoms in total. The van der Waals surface area contributed by atoms with Crippen LogP contribution in [-0.2, 0) is 12.4 Å². The van der Waals surface area contributed by atoms with E-state index in [1.165, 1.54) is 36.4 Å². The van der Waals surface area contributed by atoms with Crippen LogP contribution in [0.1, 0.15) is 46.7 Å². The predicted octanol–water partition coefficient (Wildman–Crippen LogP) is 6.96. The highest BCUT2D eigenvalue weighted by molar-refractivity contribution is 6.33. The summed E-state index contributed by atoms with van der Waals surface area (Å²) in [4.78, 5) is 32.0. The highest BCUT2D eigenvalue weighted by atomic mass is 19.4. The molecule has 0 radical (unpaired) electrons. The largest absolute Gasteiger partial charge is 0.478 e. The topological polar surface area (TPSA) is 117 Å². The van der Waals surface area contributed by atoms with Gasteiger partial charge in [-0.2, -0.15) is 31.1 Å². The fraction of sp³-hybridized carbons (Fsp3) is 0.160. The fourth-order valence-electron chi connectivity index (χ4n) is 2.99. The molecule has 2 heterocycles. The van der Waals surface area contributed by atoms with Gasteiger partial charge in [-0.3, -0.25) is 14.8 Å². The SMILES string of the molecule is C.C.O=C(O)c1ccc2ncc(C(F)(F)F)cc2c1.[N-]=[N+]=CC(=O)c1ccc2ncc(C(F)(F)F)cc2c1. The van der Waals surface area contributed by atoms with E-state index in [-0.39, 0.29) is 36.8 Å². The maximum absolute atomic E-state index is 12.5. The molecule has 0 aliphatic rings. The van der Waals surface area contributed by atoms with E-state index in [1.54, 1.807) is 0 Å². The first kappa shape index (κ1) is 31.4. The molecule has 0 fully saturated rings. The first-order chi connectivity index (χ1) is 16.8. The Morgan fingerprint density at radius 2 is 1.18 bits per heavy atom. The minimum Gasteiger partial charge on any atom is -0.478 e. The molecule has 0 aliphatic carbocycles. The second kappa shape index (κ2) is 12.1. The van der Waals surface area contributed by atoms with Gasteiger partial charge < -0.3 is 10.6 Å². The van der Waals surface area contributed by atoms with Crippen molar-refractivity contribution in [3.8, 4) is 0 Å². The fourth-order valence-corrected chi connectivity index (χ4v) is 2.99. The summed E-state index contributed by atoms with van der Waals surface area (Å²) >= 11 is 0. The van der Waals surface area contributed by atoms with Gasteiger partial charge in [0.05, 0.1) is 27.7 Å². The van der Waals surface area contributed by atoms with Gasteiger partial charge in [0.25, 0.3) is 5.78 Å².